The lowest BCUT2D eigenvalue weighted by Crippen LogP contribution is -2.42. The smallest absolute Gasteiger partial charge is 0.377 e. The molecule has 0 spiro atoms. The highest BCUT2D eigenvalue weighted by Crippen LogP contribution is 2.22. The van der Waals surface area contributed by atoms with E-state index < -0.39 is 8.80 Å². The predicted molar refractivity (Wildman–Crippen MR) is 73.4 cm³/mol. The number of benzene rings is 1. The van der Waals surface area contributed by atoms with Crippen LogP contribution in [0.2, 0.25) is 6.04 Å². The van der Waals surface area contributed by atoms with Crippen LogP contribution in [-0.4, -0.2) is 35.9 Å². The van der Waals surface area contributed by atoms with Crippen LogP contribution in [0.25, 0.3) is 0 Å². The van der Waals surface area contributed by atoms with Crippen molar-refractivity contribution in [3.05, 3.63) is 30.3 Å². The number of thioether (sulfide) groups is 1. The lowest BCUT2D eigenvalue weighted by molar-refractivity contribution is 0.123. The van der Waals surface area contributed by atoms with Gasteiger partial charge in [-0.15, -0.1) is 11.8 Å². The van der Waals surface area contributed by atoms with Crippen LogP contribution in [0.15, 0.2) is 35.2 Å². The Hall–Kier alpha value is -0.333. The largest absolute Gasteiger partial charge is 0.500 e. The van der Waals surface area contributed by atoms with Gasteiger partial charge in [-0.25, -0.2) is 0 Å². The summed E-state index contributed by atoms with van der Waals surface area (Å²) in [5.74, 6) is 1.05. The second-order valence-corrected chi connectivity index (χ2v) is 7.82. The van der Waals surface area contributed by atoms with Gasteiger partial charge in [0.25, 0.3) is 0 Å². The van der Waals surface area contributed by atoms with E-state index >= 15 is 0 Å². The molecule has 0 N–H and O–H groups in total. The molecular formula is C12H20O3SSi. The Morgan fingerprint density at radius 1 is 1.00 bits per heavy atom. The van der Waals surface area contributed by atoms with Crippen molar-refractivity contribution in [2.75, 3.05) is 27.1 Å². The zero-order chi connectivity index (χ0) is 12.6. The Morgan fingerprint density at radius 3 is 2.12 bits per heavy atom. The Labute approximate surface area is 109 Å². The number of rotatable bonds is 8. The van der Waals surface area contributed by atoms with Crippen molar-refractivity contribution in [3.63, 3.8) is 0 Å². The summed E-state index contributed by atoms with van der Waals surface area (Å²) >= 11 is 1.85. The summed E-state index contributed by atoms with van der Waals surface area (Å²) in [6.45, 7) is 0. The molecule has 0 aliphatic carbocycles. The maximum absolute atomic E-state index is 5.37. The molecule has 0 radical (unpaired) electrons. The first kappa shape index (κ1) is 14.7. The molecule has 1 rings (SSSR count). The average molecular weight is 272 g/mol. The molecule has 0 aromatic heterocycles. The van der Waals surface area contributed by atoms with Crippen molar-refractivity contribution in [2.45, 2.75) is 17.4 Å². The van der Waals surface area contributed by atoms with Gasteiger partial charge in [0.2, 0.25) is 0 Å². The van der Waals surface area contributed by atoms with E-state index in [-0.39, 0.29) is 0 Å². The molecule has 0 atom stereocenters. The third-order valence-corrected chi connectivity index (χ3v) is 6.50. The van der Waals surface area contributed by atoms with Gasteiger partial charge in [-0.3, -0.25) is 0 Å². The molecule has 17 heavy (non-hydrogen) atoms. The summed E-state index contributed by atoms with van der Waals surface area (Å²) in [6, 6.07) is 11.2. The Kier molecular flexibility index (Phi) is 6.84. The van der Waals surface area contributed by atoms with Gasteiger partial charge in [-0.05, 0) is 24.3 Å². The fourth-order valence-electron chi connectivity index (χ4n) is 1.55. The van der Waals surface area contributed by atoms with Crippen LogP contribution in [-0.2, 0) is 13.3 Å². The molecule has 0 saturated carbocycles. The first-order valence-electron chi connectivity index (χ1n) is 5.59. The fraction of sp³-hybridized carbons (Fsp3) is 0.500. The fourth-order valence-corrected chi connectivity index (χ4v) is 4.40. The van der Waals surface area contributed by atoms with Crippen LogP contribution in [0.3, 0.4) is 0 Å². The second-order valence-electron chi connectivity index (χ2n) is 3.56. The average Bonchev–Trinajstić information content (AvgIpc) is 2.41. The Morgan fingerprint density at radius 2 is 1.59 bits per heavy atom. The lowest BCUT2D eigenvalue weighted by atomic mass is 10.4. The molecule has 0 saturated heterocycles. The standard InChI is InChI=1S/C12H20O3SSi/c1-13-17(14-2,15-3)11-7-10-16-12-8-5-4-6-9-12/h4-6,8-9H,7,10-11H2,1-3H3. The maximum Gasteiger partial charge on any atom is 0.500 e. The molecule has 0 unspecified atom stereocenters. The van der Waals surface area contributed by atoms with E-state index in [1.54, 1.807) is 21.3 Å². The molecule has 1 aromatic rings. The van der Waals surface area contributed by atoms with Crippen LogP contribution in [0.4, 0.5) is 0 Å². The second kappa shape index (κ2) is 7.89. The van der Waals surface area contributed by atoms with Crippen molar-refractivity contribution < 1.29 is 13.3 Å². The van der Waals surface area contributed by atoms with Crippen LogP contribution in [0.1, 0.15) is 6.42 Å². The summed E-state index contributed by atoms with van der Waals surface area (Å²) in [6.07, 6.45) is 1.03. The SMILES string of the molecule is CO[Si](CCCSc1ccccc1)(OC)OC. The molecule has 0 heterocycles. The monoisotopic (exact) mass is 272 g/mol. The maximum atomic E-state index is 5.37. The van der Waals surface area contributed by atoms with Gasteiger partial charge in [-0.2, -0.15) is 0 Å². The predicted octanol–water partition coefficient (Wildman–Crippen LogP) is 3.05. The van der Waals surface area contributed by atoms with E-state index in [0.717, 1.165) is 18.2 Å². The van der Waals surface area contributed by atoms with Crippen LogP contribution in [0.5, 0.6) is 0 Å². The summed E-state index contributed by atoms with van der Waals surface area (Å²) in [4.78, 5) is 1.30. The third-order valence-electron chi connectivity index (χ3n) is 2.57. The summed E-state index contributed by atoms with van der Waals surface area (Å²) in [7, 11) is 2.60. The van der Waals surface area contributed by atoms with E-state index in [2.05, 4.69) is 24.3 Å². The lowest BCUT2D eigenvalue weighted by Gasteiger charge is -2.24. The highest BCUT2D eigenvalue weighted by atomic mass is 32.2. The molecule has 0 fully saturated rings. The first-order chi connectivity index (χ1) is 8.26. The molecule has 5 heteroatoms. The van der Waals surface area contributed by atoms with Gasteiger partial charge in [0.1, 0.15) is 0 Å². The number of hydrogen-bond donors (Lipinski definition) is 0. The van der Waals surface area contributed by atoms with E-state index in [4.69, 9.17) is 13.3 Å². The van der Waals surface area contributed by atoms with Crippen molar-refractivity contribution in [1.82, 2.24) is 0 Å². The van der Waals surface area contributed by atoms with Gasteiger partial charge in [0.05, 0.1) is 0 Å². The van der Waals surface area contributed by atoms with E-state index in [9.17, 15) is 0 Å². The minimum Gasteiger partial charge on any atom is -0.377 e. The minimum absolute atomic E-state index is 0.857. The molecule has 0 aliphatic heterocycles. The molecule has 0 aliphatic rings. The van der Waals surface area contributed by atoms with Gasteiger partial charge in [-0.1, -0.05) is 18.2 Å². The summed E-state index contributed by atoms with van der Waals surface area (Å²) in [5, 5.41) is 0. The summed E-state index contributed by atoms with van der Waals surface area (Å²) in [5.41, 5.74) is 0. The van der Waals surface area contributed by atoms with Crippen LogP contribution >= 0.6 is 11.8 Å². The highest BCUT2D eigenvalue weighted by Gasteiger charge is 2.36. The molecule has 0 amide bonds. The molecular weight excluding hydrogens is 252 g/mol. The Balaban J connectivity index is 2.28. The normalized spacial score (nSPS) is 11.7. The van der Waals surface area contributed by atoms with Gasteiger partial charge in [0, 0.05) is 32.3 Å². The molecule has 1 aromatic carbocycles. The summed E-state index contributed by atoms with van der Waals surface area (Å²) < 4.78 is 16.1. The van der Waals surface area contributed by atoms with Crippen molar-refractivity contribution in [1.29, 1.82) is 0 Å². The third kappa shape index (κ3) is 4.81. The highest BCUT2D eigenvalue weighted by molar-refractivity contribution is 7.99. The zero-order valence-corrected chi connectivity index (χ0v) is 12.5. The Bertz CT molecular complexity index is 296. The first-order valence-corrected chi connectivity index (χ1v) is 8.51. The quantitative estimate of drug-likeness (QED) is 0.413. The molecule has 96 valence electrons. The number of hydrogen-bond acceptors (Lipinski definition) is 4. The molecule has 3 nitrogen and oxygen atoms in total. The van der Waals surface area contributed by atoms with E-state index in [0.29, 0.717) is 0 Å². The van der Waals surface area contributed by atoms with Crippen LogP contribution < -0.4 is 0 Å². The molecule has 0 bridgehead atoms. The van der Waals surface area contributed by atoms with E-state index in [1.807, 2.05) is 17.8 Å². The minimum atomic E-state index is -2.37. The van der Waals surface area contributed by atoms with Crippen molar-refractivity contribution in [2.24, 2.45) is 0 Å². The van der Waals surface area contributed by atoms with Crippen molar-refractivity contribution in [3.8, 4) is 0 Å². The van der Waals surface area contributed by atoms with Crippen LogP contribution in [0, 0.1) is 0 Å². The van der Waals surface area contributed by atoms with Gasteiger partial charge < -0.3 is 13.3 Å². The van der Waals surface area contributed by atoms with E-state index in [1.165, 1.54) is 4.90 Å². The van der Waals surface area contributed by atoms with Gasteiger partial charge >= 0.3 is 8.80 Å². The zero-order valence-electron chi connectivity index (χ0n) is 10.6. The topological polar surface area (TPSA) is 27.7 Å². The van der Waals surface area contributed by atoms with Gasteiger partial charge in [0.15, 0.2) is 0 Å². The van der Waals surface area contributed by atoms with Crippen molar-refractivity contribution >= 4 is 20.6 Å².